The highest BCUT2D eigenvalue weighted by atomic mass is 16.5. The summed E-state index contributed by atoms with van der Waals surface area (Å²) in [7, 11) is 1.73. The van der Waals surface area contributed by atoms with E-state index in [4.69, 9.17) is 4.74 Å². The summed E-state index contributed by atoms with van der Waals surface area (Å²) in [6.07, 6.45) is 6.21. The monoisotopic (exact) mass is 341 g/mol. The smallest absolute Gasteiger partial charge is 0.245 e. The summed E-state index contributed by atoms with van der Waals surface area (Å²) in [5.74, 6) is 0.103. The summed E-state index contributed by atoms with van der Waals surface area (Å²) in [6.45, 7) is 7.21. The fourth-order valence-electron chi connectivity index (χ4n) is 3.17. The fourth-order valence-corrected chi connectivity index (χ4v) is 3.17. The summed E-state index contributed by atoms with van der Waals surface area (Å²) in [5, 5.41) is 5.80. The van der Waals surface area contributed by atoms with Gasteiger partial charge in [0.1, 0.15) is 6.04 Å². The van der Waals surface area contributed by atoms with Crippen LogP contribution in [0.25, 0.3) is 0 Å². The Morgan fingerprint density at radius 1 is 1.17 bits per heavy atom. The Morgan fingerprint density at radius 3 is 2.46 bits per heavy atom. The number of hydrogen-bond acceptors (Lipinski definition) is 4. The van der Waals surface area contributed by atoms with Crippen molar-refractivity contribution in [3.8, 4) is 0 Å². The summed E-state index contributed by atoms with van der Waals surface area (Å²) in [5.41, 5.74) is 0. The van der Waals surface area contributed by atoms with Gasteiger partial charge >= 0.3 is 0 Å². The molecule has 6 heteroatoms. The van der Waals surface area contributed by atoms with E-state index in [-0.39, 0.29) is 24.3 Å². The zero-order chi connectivity index (χ0) is 17.8. The van der Waals surface area contributed by atoms with E-state index in [1.807, 2.05) is 11.8 Å². The lowest BCUT2D eigenvalue weighted by atomic mass is 9.90. The molecule has 0 aromatic heterocycles. The van der Waals surface area contributed by atoms with E-state index < -0.39 is 6.04 Å². The molecule has 0 spiro atoms. The Kier molecular flexibility index (Phi) is 10.7. The molecule has 0 aromatic rings. The van der Waals surface area contributed by atoms with Crippen molar-refractivity contribution in [3.05, 3.63) is 0 Å². The molecule has 1 atom stereocenters. The number of likely N-dealkylation sites (N-methyl/N-ethyl adjacent to an activating group) is 2. The Morgan fingerprint density at radius 2 is 1.88 bits per heavy atom. The van der Waals surface area contributed by atoms with Crippen LogP contribution >= 0.6 is 0 Å². The van der Waals surface area contributed by atoms with Crippen molar-refractivity contribution in [1.29, 1.82) is 0 Å². The van der Waals surface area contributed by atoms with Crippen LogP contribution in [0.4, 0.5) is 0 Å². The normalized spacial score (nSPS) is 16.6. The van der Waals surface area contributed by atoms with Gasteiger partial charge in [0.15, 0.2) is 0 Å². The van der Waals surface area contributed by atoms with Gasteiger partial charge in [-0.3, -0.25) is 9.59 Å². The molecule has 0 aliphatic carbocycles. The van der Waals surface area contributed by atoms with Crippen LogP contribution in [0.3, 0.4) is 0 Å². The van der Waals surface area contributed by atoms with E-state index in [1.54, 1.807) is 7.05 Å². The van der Waals surface area contributed by atoms with Crippen molar-refractivity contribution >= 4 is 11.8 Å². The van der Waals surface area contributed by atoms with Gasteiger partial charge in [0.05, 0.1) is 6.54 Å². The van der Waals surface area contributed by atoms with Gasteiger partial charge in [0.25, 0.3) is 0 Å². The number of ether oxygens (including phenoxy) is 1. The first-order chi connectivity index (χ1) is 11.6. The number of rotatable bonds is 11. The number of unbranched alkanes of at least 4 members (excludes halogenated alkanes) is 3. The fraction of sp³-hybridized carbons (Fsp3) is 0.889. The van der Waals surface area contributed by atoms with E-state index in [9.17, 15) is 9.59 Å². The molecule has 1 unspecified atom stereocenters. The highest BCUT2D eigenvalue weighted by molar-refractivity contribution is 5.88. The minimum atomic E-state index is -0.430. The molecule has 0 radical (unpaired) electrons. The predicted octanol–water partition coefficient (Wildman–Crippen LogP) is 1.55. The van der Waals surface area contributed by atoms with E-state index in [2.05, 4.69) is 17.6 Å². The first-order valence-electron chi connectivity index (χ1n) is 9.44. The predicted molar refractivity (Wildman–Crippen MR) is 95.8 cm³/mol. The average molecular weight is 341 g/mol. The molecule has 1 fully saturated rings. The Bertz CT molecular complexity index is 371. The minimum absolute atomic E-state index is 0.0605. The Hall–Kier alpha value is -1.14. The van der Waals surface area contributed by atoms with Crippen molar-refractivity contribution in [3.63, 3.8) is 0 Å². The molecular formula is C18H35N3O3. The molecule has 2 amide bonds. The molecule has 0 bridgehead atoms. The minimum Gasteiger partial charge on any atom is -0.381 e. The van der Waals surface area contributed by atoms with Crippen LogP contribution < -0.4 is 10.6 Å². The maximum Gasteiger partial charge on any atom is 0.245 e. The van der Waals surface area contributed by atoms with Gasteiger partial charge in [-0.25, -0.2) is 0 Å². The van der Waals surface area contributed by atoms with Gasteiger partial charge in [-0.15, -0.1) is 0 Å². The lowest BCUT2D eigenvalue weighted by Crippen LogP contribution is -2.54. The van der Waals surface area contributed by atoms with E-state index >= 15 is 0 Å². The van der Waals surface area contributed by atoms with Crippen LogP contribution in [-0.4, -0.2) is 62.7 Å². The van der Waals surface area contributed by atoms with Crippen LogP contribution in [0.15, 0.2) is 0 Å². The molecule has 6 nitrogen and oxygen atoms in total. The first kappa shape index (κ1) is 20.9. The lowest BCUT2D eigenvalue weighted by Gasteiger charge is -2.34. The molecule has 0 aromatic carbocycles. The van der Waals surface area contributed by atoms with Crippen LogP contribution in [0.2, 0.25) is 0 Å². The SMILES string of the molecule is CCCCCCN(CC)C(=O)C(NC(=O)CNC)C1CCOCC1. The Balaban J connectivity index is 2.69. The summed E-state index contributed by atoms with van der Waals surface area (Å²) in [4.78, 5) is 27.0. The van der Waals surface area contributed by atoms with Gasteiger partial charge in [0, 0.05) is 26.3 Å². The zero-order valence-electron chi connectivity index (χ0n) is 15.6. The third-order valence-corrected chi connectivity index (χ3v) is 4.63. The molecule has 1 heterocycles. The molecule has 24 heavy (non-hydrogen) atoms. The number of nitrogens with zero attached hydrogens (tertiary/aromatic N) is 1. The van der Waals surface area contributed by atoms with Crippen LogP contribution in [0, 0.1) is 5.92 Å². The maximum absolute atomic E-state index is 13.0. The molecule has 1 aliphatic heterocycles. The quantitative estimate of drug-likeness (QED) is 0.559. The molecule has 0 saturated carbocycles. The van der Waals surface area contributed by atoms with Gasteiger partial charge in [-0.2, -0.15) is 0 Å². The van der Waals surface area contributed by atoms with Crippen molar-refractivity contribution in [2.24, 2.45) is 5.92 Å². The largest absolute Gasteiger partial charge is 0.381 e. The molecular weight excluding hydrogens is 306 g/mol. The van der Waals surface area contributed by atoms with Crippen LogP contribution in [0.5, 0.6) is 0 Å². The molecule has 2 N–H and O–H groups in total. The van der Waals surface area contributed by atoms with Crippen molar-refractivity contribution < 1.29 is 14.3 Å². The topological polar surface area (TPSA) is 70.7 Å². The highest BCUT2D eigenvalue weighted by Crippen LogP contribution is 2.21. The maximum atomic E-state index is 13.0. The van der Waals surface area contributed by atoms with E-state index in [1.165, 1.54) is 12.8 Å². The standard InChI is InChI=1S/C18H35N3O3/c1-4-6-7-8-11-21(5-2)18(23)17(20-16(22)14-19-3)15-9-12-24-13-10-15/h15,17,19H,4-14H2,1-3H3,(H,20,22). The lowest BCUT2D eigenvalue weighted by molar-refractivity contribution is -0.138. The number of hydrogen-bond donors (Lipinski definition) is 2. The molecule has 1 rings (SSSR count). The van der Waals surface area contributed by atoms with Crippen LogP contribution in [-0.2, 0) is 14.3 Å². The molecule has 1 saturated heterocycles. The van der Waals surface area contributed by atoms with Crippen molar-refractivity contribution in [2.45, 2.75) is 58.4 Å². The first-order valence-corrected chi connectivity index (χ1v) is 9.44. The number of amides is 2. The van der Waals surface area contributed by atoms with Crippen molar-refractivity contribution in [1.82, 2.24) is 15.5 Å². The second kappa shape index (κ2) is 12.3. The zero-order valence-corrected chi connectivity index (χ0v) is 15.6. The number of carbonyl (C=O) groups excluding carboxylic acids is 2. The van der Waals surface area contributed by atoms with E-state index in [0.717, 1.165) is 32.2 Å². The molecule has 140 valence electrons. The summed E-state index contributed by atoms with van der Waals surface area (Å²) in [6, 6.07) is -0.430. The van der Waals surface area contributed by atoms with E-state index in [0.29, 0.717) is 19.8 Å². The number of carbonyl (C=O) groups is 2. The van der Waals surface area contributed by atoms with Gasteiger partial charge in [-0.1, -0.05) is 26.2 Å². The second-order valence-electron chi connectivity index (χ2n) is 6.50. The third-order valence-electron chi connectivity index (χ3n) is 4.63. The third kappa shape index (κ3) is 7.18. The summed E-state index contributed by atoms with van der Waals surface area (Å²) >= 11 is 0. The Labute approximate surface area is 146 Å². The molecule has 1 aliphatic rings. The average Bonchev–Trinajstić information content (AvgIpc) is 2.60. The van der Waals surface area contributed by atoms with Crippen LogP contribution in [0.1, 0.15) is 52.4 Å². The second-order valence-corrected chi connectivity index (χ2v) is 6.50. The number of nitrogens with one attached hydrogen (secondary N) is 2. The summed E-state index contributed by atoms with van der Waals surface area (Å²) < 4.78 is 5.41. The van der Waals surface area contributed by atoms with Gasteiger partial charge < -0.3 is 20.3 Å². The highest BCUT2D eigenvalue weighted by Gasteiger charge is 2.33. The van der Waals surface area contributed by atoms with Gasteiger partial charge in [0.2, 0.25) is 11.8 Å². The van der Waals surface area contributed by atoms with Crippen molar-refractivity contribution in [2.75, 3.05) is 39.9 Å². The van der Waals surface area contributed by atoms with Gasteiger partial charge in [-0.05, 0) is 39.2 Å².